The van der Waals surface area contributed by atoms with Gasteiger partial charge < -0.3 is 0 Å². The number of benzene rings is 8. The molecule has 0 unspecified atom stereocenters. The van der Waals surface area contributed by atoms with Crippen molar-refractivity contribution in [3.8, 4) is 44.5 Å². The van der Waals surface area contributed by atoms with E-state index in [-0.39, 0.29) is 32.7 Å². The largest absolute Gasteiger partial charge is 0.226 e. The van der Waals surface area contributed by atoms with Gasteiger partial charge in [0, 0.05) is 32.7 Å². The first-order chi connectivity index (χ1) is 20.8. The fourth-order valence-corrected chi connectivity index (χ4v) is 6.35. The Morgan fingerprint density at radius 3 is 1.47 bits per heavy atom. The molecule has 8 aromatic rings. The van der Waals surface area contributed by atoms with Gasteiger partial charge in [-0.05, 0) is 60.1 Å². The second-order valence-corrected chi connectivity index (χ2v) is 10.7. The summed E-state index contributed by atoms with van der Waals surface area (Å²) in [6.45, 7) is 0. The van der Waals surface area contributed by atoms with Crippen molar-refractivity contribution in [1.29, 1.82) is 0 Å². The zero-order valence-corrected chi connectivity index (χ0v) is 26.4. The van der Waals surface area contributed by atoms with Gasteiger partial charge in [-0.3, -0.25) is 0 Å². The molecule has 8 aromatic carbocycles. The minimum Gasteiger partial charge on any atom is -0.226 e. The van der Waals surface area contributed by atoms with Crippen molar-refractivity contribution in [2.45, 2.75) is 0 Å². The Kier molecular flexibility index (Phi) is 7.50. The molecule has 0 aliphatic rings. The Hall–Kier alpha value is -4.36. The molecule has 0 aliphatic carbocycles. The molecule has 0 heterocycles. The number of fused-ring (bicyclic) bond motifs is 3. The SMILES string of the molecule is [Y].[c-]1ccccc1-c1[c-]cc(-c2c3ccccc3c(-c3ccc(-c4cccc5ccccc45)cc3)c3ccccc23)cc1. The molecule has 199 valence electrons. The molecule has 0 nitrogen and oxygen atoms in total. The third-order valence-electron chi connectivity index (χ3n) is 8.31. The van der Waals surface area contributed by atoms with Crippen LogP contribution in [0.5, 0.6) is 0 Å². The van der Waals surface area contributed by atoms with Crippen LogP contribution in [0.2, 0.25) is 0 Å². The van der Waals surface area contributed by atoms with Crippen molar-refractivity contribution in [2.24, 2.45) is 0 Å². The van der Waals surface area contributed by atoms with Crippen LogP contribution in [-0.4, -0.2) is 0 Å². The maximum absolute atomic E-state index is 3.53. The predicted molar refractivity (Wildman–Crippen MR) is 178 cm³/mol. The molecule has 0 bridgehead atoms. The van der Waals surface area contributed by atoms with Gasteiger partial charge in [-0.25, -0.2) is 11.1 Å². The standard InChI is InChI=1S/C42H26.Y/c1-2-11-29(12-3-1)30-21-25-33(26-22-30)41-37-16-6-8-18-39(37)42(40-19-9-7-17-38(40)41)34-27-23-32(24-28-34)36-20-10-14-31-13-4-5-15-35(31)36;/h1-11,13-21,23-28H;/q-2;. The van der Waals surface area contributed by atoms with Crippen LogP contribution in [0.3, 0.4) is 0 Å². The van der Waals surface area contributed by atoms with Gasteiger partial charge in [0.2, 0.25) is 0 Å². The predicted octanol–water partition coefficient (Wildman–Crippen LogP) is 11.4. The monoisotopic (exact) mass is 619 g/mol. The van der Waals surface area contributed by atoms with Gasteiger partial charge in [0.1, 0.15) is 0 Å². The summed E-state index contributed by atoms with van der Waals surface area (Å²) in [4.78, 5) is 0. The third kappa shape index (κ3) is 4.92. The Bertz CT molecular complexity index is 2150. The van der Waals surface area contributed by atoms with E-state index in [0.29, 0.717) is 0 Å². The second kappa shape index (κ2) is 11.7. The maximum Gasteiger partial charge on any atom is 0 e. The molecule has 8 rings (SSSR count). The van der Waals surface area contributed by atoms with Gasteiger partial charge in [-0.15, -0.1) is 18.2 Å². The molecule has 0 fully saturated rings. The Morgan fingerprint density at radius 2 is 0.860 bits per heavy atom. The smallest absolute Gasteiger partial charge is 0 e. The third-order valence-corrected chi connectivity index (χ3v) is 8.31. The molecule has 0 amide bonds. The molecule has 0 atom stereocenters. The van der Waals surface area contributed by atoms with Crippen LogP contribution < -0.4 is 0 Å². The quantitative estimate of drug-likeness (QED) is 0.136. The second-order valence-electron chi connectivity index (χ2n) is 10.7. The zero-order chi connectivity index (χ0) is 27.9. The number of hydrogen-bond acceptors (Lipinski definition) is 0. The number of rotatable bonds is 4. The molecule has 43 heavy (non-hydrogen) atoms. The van der Waals surface area contributed by atoms with Gasteiger partial charge in [-0.1, -0.05) is 121 Å². The summed E-state index contributed by atoms with van der Waals surface area (Å²) in [5.74, 6) is 0. The van der Waals surface area contributed by atoms with E-state index < -0.39 is 0 Å². The van der Waals surface area contributed by atoms with Crippen LogP contribution in [0.15, 0.2) is 158 Å². The summed E-state index contributed by atoms with van der Waals surface area (Å²) >= 11 is 0. The first kappa shape index (κ1) is 27.5. The molecule has 0 N–H and O–H groups in total. The van der Waals surface area contributed by atoms with E-state index in [4.69, 9.17) is 0 Å². The van der Waals surface area contributed by atoms with E-state index in [2.05, 4.69) is 152 Å². The topological polar surface area (TPSA) is 0 Å². The molecule has 0 spiro atoms. The summed E-state index contributed by atoms with van der Waals surface area (Å²) in [5, 5.41) is 7.54. The van der Waals surface area contributed by atoms with E-state index in [1.54, 1.807) is 0 Å². The van der Waals surface area contributed by atoms with E-state index in [9.17, 15) is 0 Å². The van der Waals surface area contributed by atoms with Crippen LogP contribution in [0.1, 0.15) is 0 Å². The van der Waals surface area contributed by atoms with Crippen LogP contribution in [-0.2, 0) is 32.7 Å². The molecule has 0 saturated heterocycles. The van der Waals surface area contributed by atoms with Gasteiger partial charge in [0.25, 0.3) is 0 Å². The fourth-order valence-electron chi connectivity index (χ4n) is 6.35. The normalized spacial score (nSPS) is 11.1. The summed E-state index contributed by atoms with van der Waals surface area (Å²) in [6.07, 6.45) is 0. The average Bonchev–Trinajstić information content (AvgIpc) is 3.07. The fraction of sp³-hybridized carbons (Fsp3) is 0. The molecular formula is C42H26Y-2. The Balaban J connectivity index is 0.00000300. The van der Waals surface area contributed by atoms with Gasteiger partial charge in [0.15, 0.2) is 0 Å². The molecule has 0 aromatic heterocycles. The van der Waals surface area contributed by atoms with E-state index in [0.717, 1.165) is 11.1 Å². The molecule has 0 aliphatic heterocycles. The van der Waals surface area contributed by atoms with E-state index >= 15 is 0 Å². The van der Waals surface area contributed by atoms with Gasteiger partial charge in [0.05, 0.1) is 0 Å². The van der Waals surface area contributed by atoms with Crippen molar-refractivity contribution < 1.29 is 32.7 Å². The van der Waals surface area contributed by atoms with Gasteiger partial charge in [-0.2, -0.15) is 36.4 Å². The first-order valence-corrected chi connectivity index (χ1v) is 14.4. The van der Waals surface area contributed by atoms with Crippen molar-refractivity contribution in [2.75, 3.05) is 0 Å². The van der Waals surface area contributed by atoms with Crippen LogP contribution in [0.25, 0.3) is 76.8 Å². The molecular weight excluding hydrogens is 593 g/mol. The molecule has 1 radical (unpaired) electrons. The van der Waals surface area contributed by atoms with Crippen LogP contribution in [0.4, 0.5) is 0 Å². The van der Waals surface area contributed by atoms with E-state index in [1.807, 2.05) is 18.2 Å². The van der Waals surface area contributed by atoms with Crippen molar-refractivity contribution in [1.82, 2.24) is 0 Å². The van der Waals surface area contributed by atoms with Crippen LogP contribution >= 0.6 is 0 Å². The van der Waals surface area contributed by atoms with Gasteiger partial charge >= 0.3 is 0 Å². The Labute approximate surface area is 277 Å². The van der Waals surface area contributed by atoms with Crippen molar-refractivity contribution in [3.05, 3.63) is 170 Å². The summed E-state index contributed by atoms with van der Waals surface area (Å²) in [7, 11) is 0. The zero-order valence-electron chi connectivity index (χ0n) is 23.6. The minimum atomic E-state index is 0. The Morgan fingerprint density at radius 1 is 0.349 bits per heavy atom. The van der Waals surface area contributed by atoms with Crippen LogP contribution in [0, 0.1) is 12.1 Å². The maximum atomic E-state index is 3.53. The van der Waals surface area contributed by atoms with E-state index in [1.165, 1.54) is 65.7 Å². The number of hydrogen-bond donors (Lipinski definition) is 0. The first-order valence-electron chi connectivity index (χ1n) is 14.4. The van der Waals surface area contributed by atoms with Crippen molar-refractivity contribution >= 4 is 32.3 Å². The molecule has 1 heteroatoms. The molecule has 0 saturated carbocycles. The summed E-state index contributed by atoms with van der Waals surface area (Å²) in [5.41, 5.74) is 9.51. The summed E-state index contributed by atoms with van der Waals surface area (Å²) < 4.78 is 0. The van der Waals surface area contributed by atoms with Crippen molar-refractivity contribution in [3.63, 3.8) is 0 Å². The summed E-state index contributed by atoms with van der Waals surface area (Å²) in [6, 6.07) is 63.3. The minimum absolute atomic E-state index is 0. The average molecular weight is 620 g/mol.